The molecule has 0 atom stereocenters. The zero-order valence-electron chi connectivity index (χ0n) is 21.5. The van der Waals surface area contributed by atoms with Crippen LogP contribution in [0, 0.1) is 0 Å². The molecule has 200 valence electrons. The number of carbonyl (C=O) groups excluding carboxylic acids is 1. The van der Waals surface area contributed by atoms with E-state index in [0.29, 0.717) is 36.6 Å². The molecule has 0 aliphatic carbocycles. The summed E-state index contributed by atoms with van der Waals surface area (Å²) in [5.41, 5.74) is 1.65. The molecule has 0 saturated heterocycles. The lowest BCUT2D eigenvalue weighted by molar-refractivity contribution is -0.132. The predicted molar refractivity (Wildman–Crippen MR) is 146 cm³/mol. The van der Waals surface area contributed by atoms with Crippen molar-refractivity contribution in [3.05, 3.63) is 82.0 Å². The lowest BCUT2D eigenvalue weighted by atomic mass is 10.1. The molecule has 1 amide bonds. The Hall–Kier alpha value is -2.92. The number of amides is 1. The Kier molecular flexibility index (Phi) is 10.9. The number of hydrogen-bond donors (Lipinski definition) is 0. The lowest BCUT2D eigenvalue weighted by Gasteiger charge is -2.27. The first-order chi connectivity index (χ1) is 17.9. The van der Waals surface area contributed by atoms with E-state index in [-0.39, 0.29) is 31.4 Å². The highest BCUT2D eigenvalue weighted by Crippen LogP contribution is 2.28. The molecule has 0 spiro atoms. The van der Waals surface area contributed by atoms with Crippen molar-refractivity contribution in [2.75, 3.05) is 47.6 Å². The van der Waals surface area contributed by atoms with Gasteiger partial charge >= 0.3 is 0 Å². The van der Waals surface area contributed by atoms with E-state index in [1.54, 1.807) is 54.7 Å². The molecule has 0 fully saturated rings. The van der Waals surface area contributed by atoms with Gasteiger partial charge in [-0.15, -0.1) is 11.3 Å². The molecule has 2 aromatic carbocycles. The number of methoxy groups -OCH3 is 3. The van der Waals surface area contributed by atoms with Gasteiger partial charge in [0.1, 0.15) is 0 Å². The summed E-state index contributed by atoms with van der Waals surface area (Å²) in [6.07, 6.45) is 0.576. The molecule has 37 heavy (non-hydrogen) atoms. The van der Waals surface area contributed by atoms with Gasteiger partial charge in [0.05, 0.1) is 39.7 Å². The number of rotatable bonds is 15. The van der Waals surface area contributed by atoms with Gasteiger partial charge in [-0.2, -0.15) is 4.31 Å². The number of sulfonamides is 1. The van der Waals surface area contributed by atoms with Gasteiger partial charge in [-0.05, 0) is 41.1 Å². The Balaban J connectivity index is 1.77. The van der Waals surface area contributed by atoms with Crippen LogP contribution in [0.4, 0.5) is 0 Å². The third-order valence-corrected chi connectivity index (χ3v) is 8.50. The van der Waals surface area contributed by atoms with Crippen molar-refractivity contribution in [1.82, 2.24) is 9.21 Å². The third-order valence-electron chi connectivity index (χ3n) is 5.84. The molecule has 8 nitrogen and oxygen atoms in total. The quantitative estimate of drug-likeness (QED) is 0.288. The number of hydrogen-bond acceptors (Lipinski definition) is 7. The summed E-state index contributed by atoms with van der Waals surface area (Å²) in [4.78, 5) is 16.3. The van der Waals surface area contributed by atoms with E-state index in [1.165, 1.54) is 11.4 Å². The largest absolute Gasteiger partial charge is 0.493 e. The second kappa shape index (κ2) is 14.1. The SMILES string of the molecule is COCCN(CC(=O)N(CCc1ccc(OC)c(OC)c1)Cc1cccs1)S(=O)(=O)Cc1ccccc1. The summed E-state index contributed by atoms with van der Waals surface area (Å²) in [7, 11) is 0.931. The van der Waals surface area contributed by atoms with Gasteiger partial charge in [-0.1, -0.05) is 42.5 Å². The molecule has 0 aliphatic heterocycles. The second-order valence-electron chi connectivity index (χ2n) is 8.40. The topological polar surface area (TPSA) is 85.4 Å². The standard InChI is InChI=1S/C27H34N2O6S2/c1-33-16-15-29(37(31,32)21-23-8-5-4-6-9-23)20-27(30)28(19-24-10-7-17-36-24)14-13-22-11-12-25(34-2)26(18-22)35-3/h4-12,17-18H,13-16,19-21H2,1-3H3. The Labute approximate surface area is 223 Å². The first kappa shape index (κ1) is 28.6. The first-order valence-electron chi connectivity index (χ1n) is 11.9. The predicted octanol–water partition coefficient (Wildman–Crippen LogP) is 3.82. The van der Waals surface area contributed by atoms with Gasteiger partial charge in [-0.25, -0.2) is 8.42 Å². The van der Waals surface area contributed by atoms with Crippen LogP contribution in [-0.4, -0.2) is 71.1 Å². The van der Waals surface area contributed by atoms with Crippen molar-refractivity contribution in [3.8, 4) is 11.5 Å². The minimum atomic E-state index is -3.74. The number of thiophene rings is 1. The summed E-state index contributed by atoms with van der Waals surface area (Å²) in [6.45, 7) is 0.858. The normalized spacial score (nSPS) is 11.5. The Morgan fingerprint density at radius 3 is 2.30 bits per heavy atom. The van der Waals surface area contributed by atoms with E-state index in [9.17, 15) is 13.2 Å². The van der Waals surface area contributed by atoms with Crippen LogP contribution in [0.3, 0.4) is 0 Å². The summed E-state index contributed by atoms with van der Waals surface area (Å²) in [5.74, 6) is 0.812. The van der Waals surface area contributed by atoms with Crippen LogP contribution in [0.2, 0.25) is 0 Å². The molecule has 0 bridgehead atoms. The van der Waals surface area contributed by atoms with E-state index >= 15 is 0 Å². The zero-order chi connectivity index (χ0) is 26.7. The maximum absolute atomic E-state index is 13.5. The van der Waals surface area contributed by atoms with Crippen LogP contribution in [-0.2, 0) is 38.3 Å². The van der Waals surface area contributed by atoms with Crippen molar-refractivity contribution >= 4 is 27.3 Å². The van der Waals surface area contributed by atoms with E-state index in [1.807, 2.05) is 41.8 Å². The smallest absolute Gasteiger partial charge is 0.238 e. The fourth-order valence-electron chi connectivity index (χ4n) is 3.82. The van der Waals surface area contributed by atoms with Crippen LogP contribution in [0.25, 0.3) is 0 Å². The molecule has 0 radical (unpaired) electrons. The van der Waals surface area contributed by atoms with Gasteiger partial charge in [0.15, 0.2) is 11.5 Å². The highest BCUT2D eigenvalue weighted by atomic mass is 32.2. The summed E-state index contributed by atoms with van der Waals surface area (Å²) < 4.78 is 43.6. The number of nitrogens with zero attached hydrogens (tertiary/aromatic N) is 2. The fourth-order valence-corrected chi connectivity index (χ4v) is 5.99. The molecule has 0 saturated carbocycles. The molecular weight excluding hydrogens is 512 g/mol. The molecule has 1 aromatic heterocycles. The zero-order valence-corrected chi connectivity index (χ0v) is 23.1. The summed E-state index contributed by atoms with van der Waals surface area (Å²) in [6, 6.07) is 18.5. The van der Waals surface area contributed by atoms with Gasteiger partial charge < -0.3 is 19.1 Å². The molecule has 3 rings (SSSR count). The van der Waals surface area contributed by atoms with Crippen LogP contribution in [0.5, 0.6) is 11.5 Å². The minimum Gasteiger partial charge on any atom is -0.493 e. The van der Waals surface area contributed by atoms with Crippen molar-refractivity contribution in [2.45, 2.75) is 18.7 Å². The Bertz CT molecular complexity index is 1220. The molecule has 1 heterocycles. The van der Waals surface area contributed by atoms with E-state index in [2.05, 4.69) is 0 Å². The van der Waals surface area contributed by atoms with E-state index in [0.717, 1.165) is 10.4 Å². The van der Waals surface area contributed by atoms with Gasteiger partial charge in [0.25, 0.3) is 0 Å². The van der Waals surface area contributed by atoms with Crippen LogP contribution in [0.15, 0.2) is 66.0 Å². The second-order valence-corrected chi connectivity index (χ2v) is 11.4. The molecular formula is C27H34N2O6S2. The highest BCUT2D eigenvalue weighted by molar-refractivity contribution is 7.88. The molecule has 3 aromatic rings. The molecule has 0 unspecified atom stereocenters. The van der Waals surface area contributed by atoms with Crippen LogP contribution >= 0.6 is 11.3 Å². The first-order valence-corrected chi connectivity index (χ1v) is 14.4. The molecule has 10 heteroatoms. The monoisotopic (exact) mass is 546 g/mol. The van der Waals surface area contributed by atoms with Crippen LogP contribution in [0.1, 0.15) is 16.0 Å². The number of benzene rings is 2. The van der Waals surface area contributed by atoms with Gasteiger partial charge in [0, 0.05) is 25.1 Å². The highest BCUT2D eigenvalue weighted by Gasteiger charge is 2.27. The average molecular weight is 547 g/mol. The van der Waals surface area contributed by atoms with Crippen LogP contribution < -0.4 is 9.47 Å². The van der Waals surface area contributed by atoms with Gasteiger partial charge in [-0.3, -0.25) is 4.79 Å². The third kappa shape index (κ3) is 8.57. The fraction of sp³-hybridized carbons (Fsp3) is 0.370. The van der Waals surface area contributed by atoms with Crippen molar-refractivity contribution in [3.63, 3.8) is 0 Å². The van der Waals surface area contributed by atoms with Crippen molar-refractivity contribution in [2.24, 2.45) is 0 Å². The number of ether oxygens (including phenoxy) is 3. The summed E-state index contributed by atoms with van der Waals surface area (Å²) >= 11 is 1.56. The lowest BCUT2D eigenvalue weighted by Crippen LogP contribution is -2.44. The maximum Gasteiger partial charge on any atom is 0.238 e. The average Bonchev–Trinajstić information content (AvgIpc) is 3.42. The van der Waals surface area contributed by atoms with E-state index in [4.69, 9.17) is 14.2 Å². The van der Waals surface area contributed by atoms with E-state index < -0.39 is 10.0 Å². The Morgan fingerprint density at radius 2 is 1.65 bits per heavy atom. The molecule has 0 N–H and O–H groups in total. The van der Waals surface area contributed by atoms with Gasteiger partial charge in [0.2, 0.25) is 15.9 Å². The minimum absolute atomic E-state index is 0.0972. The number of carbonyl (C=O) groups is 1. The van der Waals surface area contributed by atoms with Crippen molar-refractivity contribution < 1.29 is 27.4 Å². The van der Waals surface area contributed by atoms with Crippen molar-refractivity contribution in [1.29, 1.82) is 0 Å². The summed E-state index contributed by atoms with van der Waals surface area (Å²) in [5, 5.41) is 1.96. The molecule has 0 aliphatic rings. The maximum atomic E-state index is 13.5. The Morgan fingerprint density at radius 1 is 0.892 bits per heavy atom.